The van der Waals surface area contributed by atoms with E-state index in [1.165, 1.54) is 0 Å². The van der Waals surface area contributed by atoms with Crippen LogP contribution in [0, 0.1) is 0 Å². The monoisotopic (exact) mass is 336 g/mol. The van der Waals surface area contributed by atoms with Gasteiger partial charge in [-0.15, -0.1) is 0 Å². The van der Waals surface area contributed by atoms with Crippen molar-refractivity contribution in [1.29, 1.82) is 0 Å². The third kappa shape index (κ3) is 6.23. The zero-order chi connectivity index (χ0) is 16.5. The van der Waals surface area contributed by atoms with Crippen molar-refractivity contribution in [1.82, 2.24) is 0 Å². The Kier molecular flexibility index (Phi) is 6.92. The van der Waals surface area contributed by atoms with Crippen LogP contribution in [-0.4, -0.2) is 48.7 Å². The number of carbonyl (C=O) groups excluding carboxylic acids is 1. The molecular formula is C17H24N2O3S. The van der Waals surface area contributed by atoms with E-state index in [0.29, 0.717) is 18.9 Å². The van der Waals surface area contributed by atoms with Crippen LogP contribution in [0.2, 0.25) is 0 Å². The van der Waals surface area contributed by atoms with E-state index in [9.17, 15) is 4.79 Å². The first-order valence-corrected chi connectivity index (χ1v) is 8.99. The highest BCUT2D eigenvalue weighted by Crippen LogP contribution is 2.20. The molecule has 23 heavy (non-hydrogen) atoms. The second-order valence-electron chi connectivity index (χ2n) is 5.72. The smallest absolute Gasteiger partial charge is 0.340 e. The van der Waals surface area contributed by atoms with E-state index in [2.05, 4.69) is 10.3 Å². The van der Waals surface area contributed by atoms with Crippen LogP contribution in [0.5, 0.6) is 0 Å². The summed E-state index contributed by atoms with van der Waals surface area (Å²) < 4.78 is 10.7. The molecule has 0 aliphatic carbocycles. The van der Waals surface area contributed by atoms with Crippen LogP contribution in [0.3, 0.4) is 0 Å². The zero-order valence-electron chi connectivity index (χ0n) is 13.7. The molecule has 0 saturated heterocycles. The van der Waals surface area contributed by atoms with Crippen molar-refractivity contribution < 1.29 is 14.3 Å². The number of nitrogens with zero attached hydrogens (tertiary/aromatic N) is 1. The Hall–Kier alpha value is -1.53. The summed E-state index contributed by atoms with van der Waals surface area (Å²) in [6.45, 7) is 5.75. The Balaban J connectivity index is 1.44. The lowest BCUT2D eigenvalue weighted by molar-refractivity contribution is -0.137. The van der Waals surface area contributed by atoms with Gasteiger partial charge in [0.2, 0.25) is 0 Å². The fraction of sp³-hybridized carbons (Fsp3) is 0.529. The first kappa shape index (κ1) is 17.8. The number of aliphatic imine (C=N–C) groups is 1. The molecule has 0 radical (unpaired) electrons. The van der Waals surface area contributed by atoms with Gasteiger partial charge in [0.05, 0.1) is 13.2 Å². The highest BCUT2D eigenvalue weighted by atomic mass is 32.2. The van der Waals surface area contributed by atoms with Gasteiger partial charge in [-0.3, -0.25) is 0 Å². The molecule has 0 saturated carbocycles. The number of cyclic esters (lactones) is 1. The van der Waals surface area contributed by atoms with Gasteiger partial charge in [0.15, 0.2) is 11.4 Å². The molecule has 1 aliphatic heterocycles. The number of rotatable bonds is 10. The molecule has 0 spiro atoms. The Morgan fingerprint density at radius 3 is 2.70 bits per heavy atom. The second kappa shape index (κ2) is 8.93. The number of esters is 1. The third-order valence-electron chi connectivity index (χ3n) is 3.30. The number of para-hydroxylation sites is 1. The maximum absolute atomic E-state index is 11.5. The lowest BCUT2D eigenvalue weighted by Gasteiger charge is -2.07. The highest BCUT2D eigenvalue weighted by Gasteiger charge is 2.36. The summed E-state index contributed by atoms with van der Waals surface area (Å²) in [7, 11) is 0. The van der Waals surface area contributed by atoms with Crippen LogP contribution < -0.4 is 5.32 Å². The molecule has 1 N–H and O–H groups in total. The number of hydrogen-bond acceptors (Lipinski definition) is 6. The van der Waals surface area contributed by atoms with Crippen LogP contribution in [0.15, 0.2) is 35.3 Å². The quantitative estimate of drug-likeness (QED) is 0.526. The predicted octanol–water partition coefficient (Wildman–Crippen LogP) is 2.97. The number of benzene rings is 1. The van der Waals surface area contributed by atoms with Crippen LogP contribution in [0.25, 0.3) is 0 Å². The minimum atomic E-state index is -0.713. The number of hydrogen-bond donors (Lipinski definition) is 1. The summed E-state index contributed by atoms with van der Waals surface area (Å²) in [4.78, 5) is 15.8. The molecule has 0 fully saturated rings. The van der Waals surface area contributed by atoms with E-state index in [1.807, 2.05) is 30.3 Å². The maximum atomic E-state index is 11.5. The van der Waals surface area contributed by atoms with Gasteiger partial charge >= 0.3 is 5.97 Å². The van der Waals surface area contributed by atoms with E-state index in [1.54, 1.807) is 25.6 Å². The summed E-state index contributed by atoms with van der Waals surface area (Å²) in [5.74, 6) is 2.11. The van der Waals surface area contributed by atoms with E-state index in [-0.39, 0.29) is 5.97 Å². The molecule has 0 atom stereocenters. The molecule has 0 amide bonds. The van der Waals surface area contributed by atoms with Crippen LogP contribution in [-0.2, 0) is 14.3 Å². The van der Waals surface area contributed by atoms with Gasteiger partial charge in [0, 0.05) is 30.2 Å². The van der Waals surface area contributed by atoms with Gasteiger partial charge in [-0.2, -0.15) is 11.8 Å². The fourth-order valence-electron chi connectivity index (χ4n) is 2.02. The average Bonchev–Trinajstić information content (AvgIpc) is 2.79. The summed E-state index contributed by atoms with van der Waals surface area (Å²) in [5, 5.41) is 3.30. The molecule has 2 rings (SSSR count). The van der Waals surface area contributed by atoms with E-state index in [0.717, 1.165) is 30.3 Å². The molecular weight excluding hydrogens is 312 g/mol. The number of carbonyl (C=O) groups is 1. The van der Waals surface area contributed by atoms with Crippen molar-refractivity contribution in [2.24, 2.45) is 4.99 Å². The third-order valence-corrected chi connectivity index (χ3v) is 4.24. The molecule has 0 aromatic heterocycles. The Morgan fingerprint density at radius 1 is 1.22 bits per heavy atom. The van der Waals surface area contributed by atoms with Crippen molar-refractivity contribution >= 4 is 29.3 Å². The molecule has 1 aromatic rings. The van der Waals surface area contributed by atoms with E-state index in [4.69, 9.17) is 9.47 Å². The molecule has 126 valence electrons. The van der Waals surface area contributed by atoms with Gasteiger partial charge in [-0.05, 0) is 26.0 Å². The standard InChI is InChI=1S/C17H24N2O3S/c1-17(2)16(20)22-15(19-17)8-12-23-13-11-21-10-9-18-14-6-4-3-5-7-14/h3-7,18H,8-13H2,1-2H3. The molecule has 5 nitrogen and oxygen atoms in total. The molecule has 1 aliphatic rings. The first-order chi connectivity index (χ1) is 11.1. The van der Waals surface area contributed by atoms with Crippen molar-refractivity contribution in [3.8, 4) is 0 Å². The Morgan fingerprint density at radius 2 is 2.00 bits per heavy atom. The normalized spacial score (nSPS) is 16.1. The lowest BCUT2D eigenvalue weighted by Crippen LogP contribution is -2.25. The van der Waals surface area contributed by atoms with Gasteiger partial charge in [0.1, 0.15) is 0 Å². The van der Waals surface area contributed by atoms with Crippen molar-refractivity contribution in [2.75, 3.05) is 36.6 Å². The number of ether oxygens (including phenoxy) is 2. The molecule has 1 heterocycles. The van der Waals surface area contributed by atoms with Gasteiger partial charge in [0.25, 0.3) is 0 Å². The van der Waals surface area contributed by atoms with Gasteiger partial charge < -0.3 is 14.8 Å². The second-order valence-corrected chi connectivity index (χ2v) is 6.95. The molecule has 0 bridgehead atoms. The first-order valence-electron chi connectivity index (χ1n) is 7.83. The minimum Gasteiger partial charge on any atom is -0.410 e. The van der Waals surface area contributed by atoms with Crippen molar-refractivity contribution in [3.05, 3.63) is 30.3 Å². The predicted molar refractivity (Wildman–Crippen MR) is 95.3 cm³/mol. The van der Waals surface area contributed by atoms with Crippen LogP contribution >= 0.6 is 11.8 Å². The zero-order valence-corrected chi connectivity index (χ0v) is 14.5. The van der Waals surface area contributed by atoms with Gasteiger partial charge in [-0.1, -0.05) is 18.2 Å². The summed E-state index contributed by atoms with van der Waals surface area (Å²) in [6.07, 6.45) is 0.690. The van der Waals surface area contributed by atoms with Crippen molar-refractivity contribution in [2.45, 2.75) is 25.8 Å². The van der Waals surface area contributed by atoms with Crippen LogP contribution in [0.4, 0.5) is 5.69 Å². The largest absolute Gasteiger partial charge is 0.410 e. The van der Waals surface area contributed by atoms with E-state index < -0.39 is 5.54 Å². The minimum absolute atomic E-state index is 0.258. The Labute approximate surface area is 141 Å². The molecule has 6 heteroatoms. The highest BCUT2D eigenvalue weighted by molar-refractivity contribution is 7.99. The average molecular weight is 336 g/mol. The van der Waals surface area contributed by atoms with Gasteiger partial charge in [-0.25, -0.2) is 9.79 Å². The maximum Gasteiger partial charge on any atom is 0.340 e. The summed E-state index contributed by atoms with van der Waals surface area (Å²) >= 11 is 1.78. The van der Waals surface area contributed by atoms with Crippen molar-refractivity contribution in [3.63, 3.8) is 0 Å². The SMILES string of the molecule is CC1(C)N=C(CCSCCOCCNc2ccccc2)OC1=O. The lowest BCUT2D eigenvalue weighted by atomic mass is 10.1. The molecule has 1 aromatic carbocycles. The topological polar surface area (TPSA) is 59.9 Å². The van der Waals surface area contributed by atoms with Crippen LogP contribution in [0.1, 0.15) is 20.3 Å². The Bertz CT molecular complexity index is 532. The summed E-state index contributed by atoms with van der Waals surface area (Å²) in [6, 6.07) is 10.1. The fourth-order valence-corrected chi connectivity index (χ4v) is 2.78. The number of nitrogens with one attached hydrogen (secondary N) is 1. The molecule has 0 unspecified atom stereocenters. The summed E-state index contributed by atoms with van der Waals surface area (Å²) in [5.41, 5.74) is 0.398. The number of thioether (sulfide) groups is 1. The van der Waals surface area contributed by atoms with E-state index >= 15 is 0 Å². The number of anilines is 1.